The van der Waals surface area contributed by atoms with Crippen LogP contribution >= 0.6 is 0 Å². The van der Waals surface area contributed by atoms with Gasteiger partial charge in [0.15, 0.2) is 0 Å². The normalized spacial score (nSPS) is 38.4. The molecular weight excluding hydrogens is 316 g/mol. The van der Waals surface area contributed by atoms with E-state index in [0.29, 0.717) is 0 Å². The summed E-state index contributed by atoms with van der Waals surface area (Å²) < 4.78 is 0. The lowest BCUT2D eigenvalue weighted by atomic mass is 9.50. The average molecular weight is 353 g/mol. The van der Waals surface area contributed by atoms with Crippen LogP contribution in [0.3, 0.4) is 0 Å². The Bertz CT molecular complexity index is 434. The fraction of sp³-hybridized carbons (Fsp3) is 0.944. The third-order valence-electron chi connectivity index (χ3n) is 7.97. The molecule has 4 aliphatic rings. The predicted molar refractivity (Wildman–Crippen MR) is 104 cm³/mol. The van der Waals surface area contributed by atoms with Crippen molar-refractivity contribution in [2.45, 2.75) is 84.4 Å². The molecule has 0 heterocycles. The van der Waals surface area contributed by atoms with E-state index in [4.69, 9.17) is 0 Å². The zero-order chi connectivity index (χ0) is 16.6. The quantitative estimate of drug-likeness (QED) is 0.634. The minimum absolute atomic E-state index is 0.149. The first-order chi connectivity index (χ1) is 9.89. The smallest absolute Gasteiger partial charge is 0.116 e. The fourth-order valence-electron chi connectivity index (χ4n) is 6.73. The van der Waals surface area contributed by atoms with Gasteiger partial charge in [-0.3, -0.25) is 0 Å². The van der Waals surface area contributed by atoms with Crippen molar-refractivity contribution in [3.05, 3.63) is 0 Å². The van der Waals surface area contributed by atoms with Crippen LogP contribution in [-0.2, 0) is 4.79 Å². The van der Waals surface area contributed by atoms with Crippen LogP contribution in [0, 0.1) is 23.2 Å². The summed E-state index contributed by atoms with van der Waals surface area (Å²) in [6, 6.07) is 0. The van der Waals surface area contributed by atoms with Gasteiger partial charge >= 0.3 is 0 Å². The van der Waals surface area contributed by atoms with Crippen molar-refractivity contribution in [1.82, 2.24) is 0 Å². The van der Waals surface area contributed by atoms with Crippen molar-refractivity contribution < 1.29 is 4.79 Å². The Kier molecular flexibility index (Phi) is 3.83. The molecule has 0 aromatic carbocycles. The molecule has 126 valence electrons. The molecule has 0 atom stereocenters. The molecule has 4 fully saturated rings. The minimum atomic E-state index is -1.80. The van der Waals surface area contributed by atoms with Crippen molar-refractivity contribution in [3.63, 3.8) is 0 Å². The van der Waals surface area contributed by atoms with E-state index in [0.717, 1.165) is 23.2 Å². The van der Waals surface area contributed by atoms with Gasteiger partial charge in [0, 0.05) is 20.6 Å². The van der Waals surface area contributed by atoms with E-state index in [1.54, 1.807) is 0 Å². The molecule has 0 aromatic heterocycles. The molecule has 4 aliphatic carbocycles. The van der Waals surface area contributed by atoms with Gasteiger partial charge in [0.2, 0.25) is 0 Å². The lowest BCUT2D eigenvalue weighted by Crippen LogP contribution is -2.77. The van der Waals surface area contributed by atoms with Crippen LogP contribution in [0.2, 0.25) is 45.8 Å². The molecule has 0 aliphatic heterocycles. The van der Waals surface area contributed by atoms with E-state index in [2.05, 4.69) is 45.8 Å². The Balaban J connectivity index is 2.02. The molecule has 0 amide bonds. The first-order valence-corrected chi connectivity index (χ1v) is 20.9. The van der Waals surface area contributed by atoms with Crippen molar-refractivity contribution >= 4 is 27.7 Å². The average Bonchev–Trinajstić information content (AvgIpc) is 2.32. The zero-order valence-electron chi connectivity index (χ0n) is 15.9. The van der Waals surface area contributed by atoms with Crippen LogP contribution in [0.1, 0.15) is 38.5 Å². The first kappa shape index (κ1) is 17.2. The molecule has 1 nitrogen and oxygen atoms in total. The summed E-state index contributed by atoms with van der Waals surface area (Å²) >= 11 is 0. The summed E-state index contributed by atoms with van der Waals surface area (Å²) in [5.74, 6) is 2.70. The number of rotatable bonds is 4. The second kappa shape index (κ2) is 4.92. The zero-order valence-corrected chi connectivity index (χ0v) is 18.9. The maximum absolute atomic E-state index is 14.1. The highest BCUT2D eigenvalue weighted by atomic mass is 29.6. The third kappa shape index (κ3) is 2.31. The van der Waals surface area contributed by atoms with Gasteiger partial charge in [0.1, 0.15) is 12.5 Å². The summed E-state index contributed by atoms with van der Waals surface area (Å²) in [4.78, 5) is 14.1. The van der Waals surface area contributed by atoms with E-state index < -0.39 is 22.3 Å². The molecule has 4 heteroatoms. The molecule has 0 spiro atoms. The highest BCUT2D eigenvalue weighted by Gasteiger charge is 2.64. The number of carbonyl (C=O) groups is 1. The lowest BCUT2D eigenvalue weighted by Gasteiger charge is -2.60. The SMILES string of the molecule is C[Si](C)(C)[Si](C)(C(=O)C12CC3CC(CC(C3)C1)C2)[Si](C)(C)C. The Morgan fingerprint density at radius 1 is 0.727 bits per heavy atom. The Morgan fingerprint density at radius 3 is 1.32 bits per heavy atom. The van der Waals surface area contributed by atoms with E-state index in [-0.39, 0.29) is 5.41 Å². The molecule has 0 radical (unpaired) electrons. The van der Waals surface area contributed by atoms with E-state index in [9.17, 15) is 4.79 Å². The highest BCUT2D eigenvalue weighted by Crippen LogP contribution is 2.61. The third-order valence-corrected chi connectivity index (χ3v) is 48.3. The molecule has 0 N–H and O–H groups in total. The molecule has 0 saturated heterocycles. The summed E-state index contributed by atoms with van der Waals surface area (Å²) in [6.07, 6.45) is 8.17. The van der Waals surface area contributed by atoms with Crippen LogP contribution in [0.4, 0.5) is 0 Å². The largest absolute Gasteiger partial charge is 0.305 e. The van der Waals surface area contributed by atoms with Gasteiger partial charge in [-0.15, -0.1) is 0 Å². The number of carbonyl (C=O) groups excluding carboxylic acids is 1. The van der Waals surface area contributed by atoms with Crippen LogP contribution in [0.15, 0.2) is 0 Å². The van der Waals surface area contributed by atoms with Gasteiger partial charge in [-0.2, -0.15) is 0 Å². The maximum Gasteiger partial charge on any atom is 0.116 e. The molecular formula is C18H36OSi3. The van der Waals surface area contributed by atoms with Gasteiger partial charge in [0.25, 0.3) is 0 Å². The van der Waals surface area contributed by atoms with E-state index >= 15 is 0 Å². The monoisotopic (exact) mass is 352 g/mol. The first-order valence-electron chi connectivity index (χ1n) is 9.44. The molecule has 22 heavy (non-hydrogen) atoms. The van der Waals surface area contributed by atoms with Gasteiger partial charge in [-0.25, -0.2) is 0 Å². The summed E-state index contributed by atoms with van der Waals surface area (Å²) in [6.45, 7) is 17.6. The minimum Gasteiger partial charge on any atom is -0.305 e. The van der Waals surface area contributed by atoms with Gasteiger partial charge < -0.3 is 4.79 Å². The molecule has 4 rings (SSSR count). The van der Waals surface area contributed by atoms with Gasteiger partial charge in [-0.1, -0.05) is 45.8 Å². The summed E-state index contributed by atoms with van der Waals surface area (Å²) in [7, 11) is -4.62. The standard InChI is InChI=1S/C18H36OSi3/c1-20(2,3)22(7,21(4,5)6)17(19)18-11-14-8-15(12-18)10-16(9-14)13-18/h14-16H,8-13H2,1-7H3. The van der Waals surface area contributed by atoms with Gasteiger partial charge in [-0.05, 0) is 56.3 Å². The topological polar surface area (TPSA) is 17.1 Å². The highest BCUT2D eigenvalue weighted by molar-refractivity contribution is 7.77. The predicted octanol–water partition coefficient (Wildman–Crippen LogP) is 5.22. The van der Waals surface area contributed by atoms with E-state index in [1.165, 1.54) is 38.5 Å². The summed E-state index contributed by atoms with van der Waals surface area (Å²) in [5, 5.41) is 0.873. The van der Waals surface area contributed by atoms with Crippen molar-refractivity contribution in [3.8, 4) is 0 Å². The van der Waals surface area contributed by atoms with Crippen LogP contribution < -0.4 is 0 Å². The van der Waals surface area contributed by atoms with Gasteiger partial charge in [0.05, 0.1) is 0 Å². The molecule has 0 unspecified atom stereocenters. The number of hydrogen-bond acceptors (Lipinski definition) is 1. The second-order valence-electron chi connectivity index (χ2n) is 11.2. The summed E-state index contributed by atoms with van der Waals surface area (Å²) in [5.41, 5.74) is 0.149. The molecule has 4 saturated carbocycles. The second-order valence-corrected chi connectivity index (χ2v) is 39.4. The van der Waals surface area contributed by atoms with E-state index in [1.807, 2.05) is 0 Å². The van der Waals surface area contributed by atoms with Crippen LogP contribution in [0.25, 0.3) is 0 Å². The fourth-order valence-corrected chi connectivity index (χ4v) is 44.4. The van der Waals surface area contributed by atoms with Crippen molar-refractivity contribution in [2.75, 3.05) is 0 Å². The maximum atomic E-state index is 14.1. The Labute approximate surface area is 140 Å². The Hall–Kier alpha value is 0.321. The van der Waals surface area contributed by atoms with Crippen molar-refractivity contribution in [1.29, 1.82) is 0 Å². The lowest BCUT2D eigenvalue weighted by molar-refractivity contribution is -0.135. The Morgan fingerprint density at radius 2 is 1.05 bits per heavy atom. The van der Waals surface area contributed by atoms with Crippen LogP contribution in [0.5, 0.6) is 0 Å². The van der Waals surface area contributed by atoms with Crippen molar-refractivity contribution in [2.24, 2.45) is 23.2 Å². The molecule has 0 aromatic rings. The molecule has 4 bridgehead atoms. The number of hydrogen-bond donors (Lipinski definition) is 0. The van der Waals surface area contributed by atoms with Crippen LogP contribution in [-0.4, -0.2) is 27.7 Å².